The van der Waals surface area contributed by atoms with E-state index >= 15 is 0 Å². The van der Waals surface area contributed by atoms with Crippen molar-refractivity contribution in [2.45, 2.75) is 101 Å². The maximum atomic E-state index is 12.8. The van der Waals surface area contributed by atoms with E-state index in [0.29, 0.717) is 24.8 Å². The predicted octanol–water partition coefficient (Wildman–Crippen LogP) is 2.23. The Bertz CT molecular complexity index is 933. The standard InChI is InChI=1S/C28H43N5O5S/c1-2-20(30-27(37)19-11-9-18(10-12-19)16-33-24(35)13-14-25(33)36)6-5-15-29-23(34)8-4-3-7-22-26-21(17-39-22)31-28(38)32-26/h13-14,18-22,26H,2-12,15-17H2,1H3,(H,29,34)(H,30,37)(H2,31,32,38)/t18?,19?,20-,21+,22-,26-/m0/s1. The molecular formula is C28H43N5O5S. The number of rotatable bonds is 14. The lowest BCUT2D eigenvalue weighted by molar-refractivity contribution is -0.138. The predicted molar refractivity (Wildman–Crippen MR) is 150 cm³/mol. The number of nitrogens with one attached hydrogen (secondary N) is 4. The van der Waals surface area contributed by atoms with Gasteiger partial charge >= 0.3 is 6.03 Å². The fourth-order valence-corrected chi connectivity index (χ4v) is 7.66. The van der Waals surface area contributed by atoms with E-state index in [9.17, 15) is 24.0 Å². The minimum absolute atomic E-state index is 0.0205. The third-order valence-corrected chi connectivity index (χ3v) is 10.0. The second-order valence-corrected chi connectivity index (χ2v) is 12.6. The van der Waals surface area contributed by atoms with E-state index in [-0.39, 0.29) is 59.6 Å². The maximum Gasteiger partial charge on any atom is 0.315 e. The lowest BCUT2D eigenvalue weighted by atomic mass is 9.81. The van der Waals surface area contributed by atoms with Crippen LogP contribution in [0.1, 0.15) is 77.6 Å². The molecule has 1 aliphatic carbocycles. The molecule has 3 heterocycles. The molecule has 2 saturated heterocycles. The Balaban J connectivity index is 1.03. The lowest BCUT2D eigenvalue weighted by Gasteiger charge is -2.31. The van der Waals surface area contributed by atoms with Crippen LogP contribution >= 0.6 is 11.8 Å². The Morgan fingerprint density at radius 2 is 1.79 bits per heavy atom. The third-order valence-electron chi connectivity index (χ3n) is 8.53. The van der Waals surface area contributed by atoms with Crippen molar-refractivity contribution in [1.29, 1.82) is 0 Å². The molecule has 1 saturated carbocycles. The summed E-state index contributed by atoms with van der Waals surface area (Å²) in [6, 6.07) is 0.491. The number of unbranched alkanes of at least 4 members (excludes halogenated alkanes) is 1. The summed E-state index contributed by atoms with van der Waals surface area (Å²) in [6.45, 7) is 3.12. The fourth-order valence-electron chi connectivity index (χ4n) is 6.11. The Kier molecular flexibility index (Phi) is 10.7. The number of thioether (sulfide) groups is 1. The molecule has 0 bridgehead atoms. The van der Waals surface area contributed by atoms with Gasteiger partial charge in [-0.05, 0) is 63.7 Å². The van der Waals surface area contributed by atoms with Crippen LogP contribution in [0.5, 0.6) is 0 Å². The molecule has 39 heavy (non-hydrogen) atoms. The van der Waals surface area contributed by atoms with E-state index in [1.165, 1.54) is 17.1 Å². The first-order valence-corrected chi connectivity index (χ1v) is 15.7. The van der Waals surface area contributed by atoms with Crippen LogP contribution in [0, 0.1) is 11.8 Å². The first-order valence-electron chi connectivity index (χ1n) is 14.6. The van der Waals surface area contributed by atoms with Gasteiger partial charge < -0.3 is 21.3 Å². The maximum absolute atomic E-state index is 12.8. The van der Waals surface area contributed by atoms with Crippen molar-refractivity contribution in [3.63, 3.8) is 0 Å². The second-order valence-electron chi connectivity index (χ2n) is 11.3. The van der Waals surface area contributed by atoms with E-state index in [4.69, 9.17) is 0 Å². The molecule has 4 atom stereocenters. The monoisotopic (exact) mass is 561 g/mol. The van der Waals surface area contributed by atoms with Crippen molar-refractivity contribution < 1.29 is 24.0 Å². The molecule has 0 aromatic heterocycles. The van der Waals surface area contributed by atoms with Crippen LogP contribution in [-0.2, 0) is 19.2 Å². The molecule has 0 spiro atoms. The second kappa shape index (κ2) is 14.2. The number of hydrogen-bond acceptors (Lipinski definition) is 6. The molecule has 0 unspecified atom stereocenters. The number of urea groups is 1. The summed E-state index contributed by atoms with van der Waals surface area (Å²) in [6.07, 6.45) is 11.7. The molecule has 4 aliphatic rings. The number of hydrogen-bond donors (Lipinski definition) is 4. The van der Waals surface area contributed by atoms with Gasteiger partial charge in [-0.3, -0.25) is 24.1 Å². The van der Waals surface area contributed by atoms with Gasteiger partial charge in [-0.1, -0.05) is 13.3 Å². The van der Waals surface area contributed by atoms with Crippen LogP contribution in [0.4, 0.5) is 4.79 Å². The molecule has 0 aromatic carbocycles. The molecular weight excluding hydrogens is 518 g/mol. The average Bonchev–Trinajstić information content (AvgIpc) is 3.58. The van der Waals surface area contributed by atoms with E-state index in [0.717, 1.165) is 70.0 Å². The van der Waals surface area contributed by atoms with Crippen molar-refractivity contribution in [3.8, 4) is 0 Å². The summed E-state index contributed by atoms with van der Waals surface area (Å²) in [7, 11) is 0. The van der Waals surface area contributed by atoms with Gasteiger partial charge in [-0.25, -0.2) is 4.79 Å². The van der Waals surface area contributed by atoms with Gasteiger partial charge in [0.15, 0.2) is 0 Å². The largest absolute Gasteiger partial charge is 0.356 e. The summed E-state index contributed by atoms with van der Waals surface area (Å²) in [5, 5.41) is 12.6. The van der Waals surface area contributed by atoms with Crippen molar-refractivity contribution in [2.75, 3.05) is 18.8 Å². The van der Waals surface area contributed by atoms with Crippen LogP contribution in [0.2, 0.25) is 0 Å². The molecule has 0 aromatic rings. The summed E-state index contributed by atoms with van der Waals surface area (Å²) in [5.74, 6) is 0.887. The van der Waals surface area contributed by atoms with Gasteiger partial charge in [0.1, 0.15) is 0 Å². The van der Waals surface area contributed by atoms with Crippen molar-refractivity contribution >= 4 is 41.4 Å². The molecule has 3 aliphatic heterocycles. The van der Waals surface area contributed by atoms with Crippen LogP contribution in [0.3, 0.4) is 0 Å². The van der Waals surface area contributed by atoms with Gasteiger partial charge in [0.2, 0.25) is 11.8 Å². The Morgan fingerprint density at radius 3 is 2.51 bits per heavy atom. The van der Waals surface area contributed by atoms with Crippen LogP contribution in [0.15, 0.2) is 12.2 Å². The number of carbonyl (C=O) groups excluding carboxylic acids is 5. The first-order chi connectivity index (χ1) is 18.8. The third kappa shape index (κ3) is 8.22. The SMILES string of the molecule is CC[C@@H](CCCNC(=O)CCCC[C@@H]1SC[C@H]2NC(=O)N[C@H]12)NC(=O)C1CCC(CN2C(=O)C=CC2=O)CC1. The summed E-state index contributed by atoms with van der Waals surface area (Å²) >= 11 is 1.90. The van der Waals surface area contributed by atoms with Gasteiger partial charge in [0, 0.05) is 54.6 Å². The highest BCUT2D eigenvalue weighted by molar-refractivity contribution is 8.00. The van der Waals surface area contributed by atoms with Crippen molar-refractivity contribution in [2.24, 2.45) is 11.8 Å². The van der Waals surface area contributed by atoms with E-state index in [1.807, 2.05) is 11.8 Å². The van der Waals surface area contributed by atoms with E-state index in [2.05, 4.69) is 28.2 Å². The number of fused-ring (bicyclic) bond motifs is 1. The number of nitrogens with zero attached hydrogens (tertiary/aromatic N) is 1. The van der Waals surface area contributed by atoms with Gasteiger partial charge in [-0.2, -0.15) is 11.8 Å². The Labute approximate surface area is 235 Å². The van der Waals surface area contributed by atoms with Gasteiger partial charge in [-0.15, -0.1) is 0 Å². The quantitative estimate of drug-likeness (QED) is 0.146. The molecule has 3 fully saturated rings. The van der Waals surface area contributed by atoms with Crippen molar-refractivity contribution in [1.82, 2.24) is 26.2 Å². The Morgan fingerprint density at radius 1 is 1.05 bits per heavy atom. The van der Waals surface area contributed by atoms with E-state index in [1.54, 1.807) is 0 Å². The highest BCUT2D eigenvalue weighted by atomic mass is 32.2. The Hall–Kier alpha value is -2.56. The minimum Gasteiger partial charge on any atom is -0.356 e. The summed E-state index contributed by atoms with van der Waals surface area (Å²) in [4.78, 5) is 61.5. The molecule has 6 amide bonds. The summed E-state index contributed by atoms with van der Waals surface area (Å²) < 4.78 is 0. The molecule has 11 heteroatoms. The topological polar surface area (TPSA) is 137 Å². The first kappa shape index (κ1) is 29.4. The van der Waals surface area contributed by atoms with Gasteiger partial charge in [0.25, 0.3) is 11.8 Å². The normalized spacial score (nSPS) is 28.7. The van der Waals surface area contributed by atoms with Gasteiger partial charge in [0.05, 0.1) is 12.1 Å². The smallest absolute Gasteiger partial charge is 0.315 e. The average molecular weight is 562 g/mol. The zero-order valence-electron chi connectivity index (χ0n) is 22.9. The van der Waals surface area contributed by atoms with Crippen LogP contribution < -0.4 is 21.3 Å². The highest BCUT2D eigenvalue weighted by Gasteiger charge is 2.42. The van der Waals surface area contributed by atoms with E-state index < -0.39 is 0 Å². The number of amides is 6. The van der Waals surface area contributed by atoms with Crippen LogP contribution in [0.25, 0.3) is 0 Å². The number of carbonyl (C=O) groups is 5. The molecule has 4 rings (SSSR count). The minimum atomic E-state index is -0.238. The molecule has 4 N–H and O–H groups in total. The molecule has 0 radical (unpaired) electrons. The number of imide groups is 1. The molecule has 216 valence electrons. The highest BCUT2D eigenvalue weighted by Crippen LogP contribution is 2.33. The lowest BCUT2D eigenvalue weighted by Crippen LogP contribution is -2.41. The molecule has 10 nitrogen and oxygen atoms in total. The zero-order chi connectivity index (χ0) is 27.8. The zero-order valence-corrected chi connectivity index (χ0v) is 23.7. The van der Waals surface area contributed by atoms with Crippen LogP contribution in [-0.4, -0.2) is 76.8 Å². The van der Waals surface area contributed by atoms with Crippen molar-refractivity contribution in [3.05, 3.63) is 12.2 Å². The fraction of sp³-hybridized carbons (Fsp3) is 0.750. The summed E-state index contributed by atoms with van der Waals surface area (Å²) in [5.41, 5.74) is 0.